The van der Waals surface area contributed by atoms with Crippen LogP contribution in [0.15, 0.2) is 60.8 Å². The number of para-hydroxylation sites is 1. The Labute approximate surface area is 178 Å². The van der Waals surface area contributed by atoms with Crippen molar-refractivity contribution in [3.05, 3.63) is 66.4 Å². The van der Waals surface area contributed by atoms with Crippen LogP contribution >= 0.6 is 0 Å². The van der Waals surface area contributed by atoms with Crippen molar-refractivity contribution in [3.63, 3.8) is 0 Å². The van der Waals surface area contributed by atoms with Gasteiger partial charge in [0.25, 0.3) is 5.91 Å². The lowest BCUT2D eigenvalue weighted by molar-refractivity contribution is 0.0928. The number of pyridine rings is 1. The monoisotopic (exact) mass is 408 g/mol. The Balaban J connectivity index is 1.27. The Bertz CT molecular complexity index is 1370. The molecule has 4 aromatic rings. The molecular weight excluding hydrogens is 388 g/mol. The summed E-state index contributed by atoms with van der Waals surface area (Å²) in [4.78, 5) is 19.5. The lowest BCUT2D eigenvalue weighted by Crippen LogP contribution is -2.43. The summed E-state index contributed by atoms with van der Waals surface area (Å²) in [5.41, 5.74) is 2.41. The first-order valence-corrected chi connectivity index (χ1v) is 10.5. The van der Waals surface area contributed by atoms with Crippen molar-refractivity contribution in [3.8, 4) is 12.0 Å². The van der Waals surface area contributed by atoms with Gasteiger partial charge >= 0.3 is 0 Å². The van der Waals surface area contributed by atoms with Crippen LogP contribution in [0.3, 0.4) is 0 Å². The van der Waals surface area contributed by atoms with Crippen molar-refractivity contribution >= 4 is 27.7 Å². The minimum atomic E-state index is -0.103. The van der Waals surface area contributed by atoms with Gasteiger partial charge in [-0.2, -0.15) is 10.4 Å². The molecule has 0 unspecified atom stereocenters. The third kappa shape index (κ3) is 2.83. The highest BCUT2D eigenvalue weighted by molar-refractivity contribution is 5.98. The van der Waals surface area contributed by atoms with Crippen LogP contribution in [0.5, 0.6) is 0 Å². The number of amides is 1. The van der Waals surface area contributed by atoms with Gasteiger partial charge in [0.15, 0.2) is 12.0 Å². The smallest absolute Gasteiger partial charge is 0.251 e. The van der Waals surface area contributed by atoms with Gasteiger partial charge in [-0.25, -0.2) is 9.67 Å². The van der Waals surface area contributed by atoms with Crippen molar-refractivity contribution in [1.82, 2.24) is 25.0 Å². The third-order valence-corrected chi connectivity index (χ3v) is 6.60. The molecule has 2 fully saturated rings. The maximum Gasteiger partial charge on any atom is 0.251 e. The van der Waals surface area contributed by atoms with Gasteiger partial charge in [-0.3, -0.25) is 4.79 Å². The maximum atomic E-state index is 12.9. The fourth-order valence-electron chi connectivity index (χ4n) is 5.08. The highest BCUT2D eigenvalue weighted by atomic mass is 16.1. The standard InChI is InChI=1S/C24H20N6O/c25-14-29-18-7-9-22(29)20(12-18)28-24(31)16-5-8-21-17(11-16)13-26-30(21)23-10-6-15-3-1-2-4-19(15)27-23/h1-6,8,10-11,13,18,20,22H,7,9,12H2,(H,28,31)/t18-,20+,22+/m0/s1. The molecular formula is C24H20N6O. The first-order valence-electron chi connectivity index (χ1n) is 10.5. The van der Waals surface area contributed by atoms with Gasteiger partial charge < -0.3 is 10.2 Å². The molecule has 1 amide bonds. The number of fused-ring (bicyclic) bond motifs is 4. The average molecular weight is 408 g/mol. The van der Waals surface area contributed by atoms with E-state index in [1.165, 1.54) is 0 Å². The second-order valence-electron chi connectivity index (χ2n) is 8.31. The minimum Gasteiger partial charge on any atom is -0.347 e. The van der Waals surface area contributed by atoms with Crippen molar-refractivity contribution in [2.45, 2.75) is 37.4 Å². The number of rotatable bonds is 3. The Hall–Kier alpha value is -3.92. The first-order chi connectivity index (χ1) is 15.2. The van der Waals surface area contributed by atoms with Gasteiger partial charge in [-0.05, 0) is 55.7 Å². The van der Waals surface area contributed by atoms with E-state index in [0.29, 0.717) is 5.56 Å². The van der Waals surface area contributed by atoms with Gasteiger partial charge in [0.2, 0.25) is 0 Å². The Morgan fingerprint density at radius 1 is 1.10 bits per heavy atom. The summed E-state index contributed by atoms with van der Waals surface area (Å²) in [6, 6.07) is 18.0. The zero-order chi connectivity index (χ0) is 20.9. The van der Waals surface area contributed by atoms with E-state index in [2.05, 4.69) is 16.6 Å². The van der Waals surface area contributed by atoms with Crippen molar-refractivity contribution in [2.24, 2.45) is 0 Å². The molecule has 2 bridgehead atoms. The minimum absolute atomic E-state index is 0.0334. The quantitative estimate of drug-likeness (QED) is 0.525. The third-order valence-electron chi connectivity index (χ3n) is 6.60. The predicted octanol–water partition coefficient (Wildman–Crippen LogP) is 3.39. The number of aromatic nitrogens is 3. The molecule has 2 aliphatic rings. The summed E-state index contributed by atoms with van der Waals surface area (Å²) in [6.45, 7) is 0. The van der Waals surface area contributed by atoms with Gasteiger partial charge in [0.1, 0.15) is 0 Å². The number of benzene rings is 2. The van der Waals surface area contributed by atoms with Gasteiger partial charge in [-0.15, -0.1) is 0 Å². The molecule has 2 aliphatic heterocycles. The first kappa shape index (κ1) is 17.9. The van der Waals surface area contributed by atoms with Gasteiger partial charge in [0.05, 0.1) is 29.3 Å². The summed E-state index contributed by atoms with van der Waals surface area (Å²) >= 11 is 0. The predicted molar refractivity (Wildman–Crippen MR) is 117 cm³/mol. The van der Waals surface area contributed by atoms with Crippen LogP contribution in [0.25, 0.3) is 27.6 Å². The lowest BCUT2D eigenvalue weighted by Gasteiger charge is -2.21. The van der Waals surface area contributed by atoms with Crippen LogP contribution < -0.4 is 5.32 Å². The maximum absolute atomic E-state index is 12.9. The summed E-state index contributed by atoms with van der Waals surface area (Å²) in [6.07, 6.45) is 6.90. The molecule has 0 aliphatic carbocycles. The van der Waals surface area contributed by atoms with Crippen molar-refractivity contribution in [1.29, 1.82) is 5.26 Å². The van der Waals surface area contributed by atoms with E-state index in [9.17, 15) is 10.1 Å². The molecule has 2 aromatic carbocycles. The van der Waals surface area contributed by atoms with E-state index < -0.39 is 0 Å². The molecule has 152 valence electrons. The number of nitrogens with one attached hydrogen (secondary N) is 1. The summed E-state index contributed by atoms with van der Waals surface area (Å²) in [7, 11) is 0. The molecule has 0 spiro atoms. The second-order valence-corrected chi connectivity index (χ2v) is 8.31. The van der Waals surface area contributed by atoms with E-state index >= 15 is 0 Å². The molecule has 7 nitrogen and oxygen atoms in total. The highest BCUT2D eigenvalue weighted by Crippen LogP contribution is 2.37. The SMILES string of the molecule is N#CN1[C@H]2CC[C@@H]1[C@H](NC(=O)c1ccc3c(cnn3-c3ccc4ccccc4n3)c1)C2. The van der Waals surface area contributed by atoms with Gasteiger partial charge in [-0.1, -0.05) is 18.2 Å². The van der Waals surface area contributed by atoms with E-state index in [1.807, 2.05) is 59.5 Å². The Morgan fingerprint density at radius 3 is 2.87 bits per heavy atom. The zero-order valence-corrected chi connectivity index (χ0v) is 16.8. The Morgan fingerprint density at radius 2 is 2.00 bits per heavy atom. The van der Waals surface area contributed by atoms with E-state index in [-0.39, 0.29) is 24.0 Å². The summed E-state index contributed by atoms with van der Waals surface area (Å²) in [5, 5.41) is 19.0. The molecule has 1 N–H and O–H groups in total. The number of nitriles is 1. The number of hydrogen-bond donors (Lipinski definition) is 1. The van der Waals surface area contributed by atoms with Gasteiger partial charge in [0, 0.05) is 22.4 Å². The van der Waals surface area contributed by atoms with Crippen molar-refractivity contribution < 1.29 is 4.79 Å². The zero-order valence-electron chi connectivity index (χ0n) is 16.8. The molecule has 3 atom stereocenters. The van der Waals surface area contributed by atoms with Crippen LogP contribution in [0.2, 0.25) is 0 Å². The normalized spacial score (nSPS) is 22.2. The molecule has 31 heavy (non-hydrogen) atoms. The number of hydrogen-bond acceptors (Lipinski definition) is 5. The molecule has 0 saturated carbocycles. The topological polar surface area (TPSA) is 86.8 Å². The van der Waals surface area contributed by atoms with Crippen LogP contribution in [0.4, 0.5) is 0 Å². The summed E-state index contributed by atoms with van der Waals surface area (Å²) in [5.74, 6) is 0.637. The molecule has 2 aromatic heterocycles. The average Bonchev–Trinajstić information content (AvgIpc) is 3.50. The molecule has 6 rings (SSSR count). The summed E-state index contributed by atoms with van der Waals surface area (Å²) < 4.78 is 1.80. The highest BCUT2D eigenvalue weighted by Gasteiger charge is 2.46. The number of carbonyl (C=O) groups is 1. The molecule has 2 saturated heterocycles. The molecule has 0 radical (unpaired) electrons. The van der Waals surface area contributed by atoms with E-state index in [0.717, 1.165) is 46.9 Å². The Kier molecular flexibility index (Phi) is 3.93. The largest absolute Gasteiger partial charge is 0.347 e. The number of carbonyl (C=O) groups excluding carboxylic acids is 1. The second kappa shape index (κ2) is 6.81. The van der Waals surface area contributed by atoms with Crippen molar-refractivity contribution in [2.75, 3.05) is 0 Å². The molecule has 7 heteroatoms. The van der Waals surface area contributed by atoms with E-state index in [4.69, 9.17) is 4.98 Å². The fraction of sp³-hybridized carbons (Fsp3) is 0.250. The van der Waals surface area contributed by atoms with Crippen LogP contribution in [0, 0.1) is 11.5 Å². The van der Waals surface area contributed by atoms with Crippen LogP contribution in [-0.2, 0) is 0 Å². The van der Waals surface area contributed by atoms with Crippen LogP contribution in [0.1, 0.15) is 29.6 Å². The molecule has 4 heterocycles. The fourth-order valence-corrected chi connectivity index (χ4v) is 5.08. The number of nitrogens with zero attached hydrogens (tertiary/aromatic N) is 5. The van der Waals surface area contributed by atoms with E-state index in [1.54, 1.807) is 10.9 Å². The van der Waals surface area contributed by atoms with Crippen LogP contribution in [-0.4, -0.2) is 43.7 Å². The lowest BCUT2D eigenvalue weighted by atomic mass is 9.95.